The van der Waals surface area contributed by atoms with E-state index in [0.717, 1.165) is 12.8 Å². The van der Waals surface area contributed by atoms with Crippen molar-refractivity contribution in [2.75, 3.05) is 13.2 Å². The summed E-state index contributed by atoms with van der Waals surface area (Å²) in [5, 5.41) is 26.6. The molecule has 2 atom stereocenters. The van der Waals surface area contributed by atoms with Crippen LogP contribution in [0.4, 0.5) is 4.39 Å². The Labute approximate surface area is 252 Å². The van der Waals surface area contributed by atoms with Gasteiger partial charge in [0, 0.05) is 41.0 Å². The van der Waals surface area contributed by atoms with Crippen LogP contribution >= 0.6 is 23.2 Å². The molecule has 4 aromatic rings. The highest BCUT2D eigenvalue weighted by molar-refractivity contribution is 6.30. The summed E-state index contributed by atoms with van der Waals surface area (Å²) >= 11 is 12.3. The van der Waals surface area contributed by atoms with Crippen molar-refractivity contribution in [3.8, 4) is 0 Å². The number of aliphatic hydroxyl groups excluding tert-OH is 1. The van der Waals surface area contributed by atoms with Gasteiger partial charge >= 0.3 is 0 Å². The second kappa shape index (κ2) is 10.4. The molecule has 2 unspecified atom stereocenters. The minimum absolute atomic E-state index is 0.0169. The molecule has 0 radical (unpaired) electrons. The van der Waals surface area contributed by atoms with E-state index in [-0.39, 0.29) is 36.4 Å². The van der Waals surface area contributed by atoms with Crippen molar-refractivity contribution < 1.29 is 24.1 Å². The number of carbonyl (C=O) groups excluding carboxylic acids is 1. The van der Waals surface area contributed by atoms with Crippen molar-refractivity contribution in [2.24, 2.45) is 12.5 Å². The van der Waals surface area contributed by atoms with Crippen LogP contribution in [-0.4, -0.2) is 49.0 Å². The molecule has 1 aliphatic carbocycles. The van der Waals surface area contributed by atoms with Gasteiger partial charge in [0.2, 0.25) is 0 Å². The zero-order chi connectivity index (χ0) is 29.9. The van der Waals surface area contributed by atoms with E-state index in [1.54, 1.807) is 49.6 Å². The zero-order valence-corrected chi connectivity index (χ0v) is 24.5. The molecule has 2 N–H and O–H groups in total. The van der Waals surface area contributed by atoms with Crippen LogP contribution in [0.1, 0.15) is 58.1 Å². The molecule has 8 nitrogen and oxygen atoms in total. The number of amides is 1. The maximum absolute atomic E-state index is 16.6. The van der Waals surface area contributed by atoms with E-state index in [1.807, 2.05) is 0 Å². The van der Waals surface area contributed by atoms with Gasteiger partial charge in [-0.25, -0.2) is 4.39 Å². The number of carbonyl (C=O) groups is 1. The summed E-state index contributed by atoms with van der Waals surface area (Å²) < 4.78 is 24.8. The first kappa shape index (κ1) is 28.8. The highest BCUT2D eigenvalue weighted by Gasteiger charge is 2.56. The number of hydrogen-bond acceptors (Lipinski definition) is 6. The van der Waals surface area contributed by atoms with Gasteiger partial charge in [-0.05, 0) is 61.7 Å². The quantitative estimate of drug-likeness (QED) is 0.271. The Balaban J connectivity index is 1.56. The Morgan fingerprint density at radius 1 is 1.07 bits per heavy atom. The molecule has 0 bridgehead atoms. The molecule has 6 rings (SSSR count). The fourth-order valence-corrected chi connectivity index (χ4v) is 5.74. The van der Waals surface area contributed by atoms with Crippen LogP contribution in [0.5, 0.6) is 0 Å². The van der Waals surface area contributed by atoms with Crippen LogP contribution < -0.4 is 0 Å². The van der Waals surface area contributed by atoms with Gasteiger partial charge in [0.1, 0.15) is 11.4 Å². The van der Waals surface area contributed by atoms with Crippen molar-refractivity contribution in [2.45, 2.75) is 37.6 Å². The smallest absolute Gasteiger partial charge is 0.257 e. The summed E-state index contributed by atoms with van der Waals surface area (Å²) in [7, 11) is 1.71. The Morgan fingerprint density at radius 2 is 1.79 bits per heavy atom. The summed E-state index contributed by atoms with van der Waals surface area (Å²) in [6, 6.07) is 12.8. The largest absolute Gasteiger partial charge is 0.396 e. The summed E-state index contributed by atoms with van der Waals surface area (Å²) in [6.07, 6.45) is 6.10. The molecule has 1 fully saturated rings. The monoisotopic (exact) mass is 610 g/mol. The number of aliphatic hydroxyl groups is 2. The molecule has 218 valence electrons. The number of hydrogen-bond donors (Lipinski definition) is 2. The highest BCUT2D eigenvalue weighted by atomic mass is 35.5. The fourth-order valence-electron chi connectivity index (χ4n) is 5.50. The lowest BCUT2D eigenvalue weighted by molar-refractivity contribution is -0.130. The molecule has 1 saturated carbocycles. The number of rotatable bonds is 9. The van der Waals surface area contributed by atoms with Gasteiger partial charge in [-0.1, -0.05) is 35.3 Å². The minimum Gasteiger partial charge on any atom is -0.396 e. The fraction of sp³-hybridized carbons (Fsp3) is 0.323. The average molecular weight is 612 g/mol. The first-order valence-electron chi connectivity index (χ1n) is 13.5. The molecule has 1 amide bonds. The van der Waals surface area contributed by atoms with E-state index < -0.39 is 28.5 Å². The molecule has 0 saturated heterocycles. The van der Waals surface area contributed by atoms with E-state index >= 15 is 4.39 Å². The third-order valence-corrected chi connectivity index (χ3v) is 8.81. The number of aryl methyl sites for hydroxylation is 1. The Kier molecular flexibility index (Phi) is 7.14. The standard InChI is InChI=1S/C31H29Cl2FN4O4/c1-29(41,21-13-36-37(2)15-21)20-11-25-27(26(34)12-20)31(19-3-5-22(32)6-4-19,42-18-30(17-39)9-10-30)38(28(25)40)16-24-8-7-23(33)14-35-24/h3-8,11-15,39,41H,9-10,16-18H2,1-2H3. The maximum atomic E-state index is 16.6. The summed E-state index contributed by atoms with van der Waals surface area (Å²) in [4.78, 5) is 20.2. The molecular formula is C31H29Cl2FN4O4. The van der Waals surface area contributed by atoms with Crippen LogP contribution in [0.3, 0.4) is 0 Å². The van der Waals surface area contributed by atoms with Crippen LogP contribution in [0.2, 0.25) is 10.0 Å². The Hall–Kier alpha value is -3.34. The molecule has 2 aromatic heterocycles. The number of nitrogens with zero attached hydrogens (tertiary/aromatic N) is 4. The summed E-state index contributed by atoms with van der Waals surface area (Å²) in [6.45, 7) is 1.48. The van der Waals surface area contributed by atoms with E-state index in [9.17, 15) is 15.0 Å². The zero-order valence-electron chi connectivity index (χ0n) is 23.0. The predicted molar refractivity (Wildman–Crippen MR) is 154 cm³/mol. The topological polar surface area (TPSA) is 101 Å². The first-order chi connectivity index (χ1) is 20.0. The van der Waals surface area contributed by atoms with Gasteiger partial charge in [-0.2, -0.15) is 5.10 Å². The van der Waals surface area contributed by atoms with Gasteiger partial charge < -0.3 is 14.9 Å². The highest BCUT2D eigenvalue weighted by Crippen LogP contribution is 2.52. The van der Waals surface area contributed by atoms with Gasteiger partial charge in [-0.15, -0.1) is 0 Å². The van der Waals surface area contributed by atoms with Crippen LogP contribution in [-0.2, 0) is 29.7 Å². The molecular weight excluding hydrogens is 582 g/mol. The minimum atomic E-state index is -1.72. The number of fused-ring (bicyclic) bond motifs is 1. The molecule has 3 heterocycles. The molecule has 0 spiro atoms. The van der Waals surface area contributed by atoms with Gasteiger partial charge in [0.25, 0.3) is 5.91 Å². The molecule has 42 heavy (non-hydrogen) atoms. The molecule has 2 aromatic carbocycles. The number of pyridine rings is 1. The number of aromatic nitrogens is 3. The van der Waals surface area contributed by atoms with Crippen LogP contribution in [0.15, 0.2) is 67.1 Å². The lowest BCUT2D eigenvalue weighted by atomic mass is 9.85. The third kappa shape index (κ3) is 4.79. The van der Waals surface area contributed by atoms with Gasteiger partial charge in [0.05, 0.1) is 47.8 Å². The molecule has 1 aliphatic heterocycles. The van der Waals surface area contributed by atoms with E-state index in [0.29, 0.717) is 26.9 Å². The van der Waals surface area contributed by atoms with Gasteiger partial charge in [-0.3, -0.25) is 19.4 Å². The van der Waals surface area contributed by atoms with Gasteiger partial charge in [0.15, 0.2) is 5.72 Å². The number of halogens is 3. The van der Waals surface area contributed by atoms with Crippen molar-refractivity contribution in [1.82, 2.24) is 19.7 Å². The van der Waals surface area contributed by atoms with E-state index in [4.69, 9.17) is 27.9 Å². The summed E-state index contributed by atoms with van der Waals surface area (Å²) in [5.41, 5.74) is -2.16. The van der Waals surface area contributed by atoms with Crippen molar-refractivity contribution >= 4 is 29.1 Å². The maximum Gasteiger partial charge on any atom is 0.257 e. The predicted octanol–water partition coefficient (Wildman–Crippen LogP) is 5.16. The van der Waals surface area contributed by atoms with E-state index in [2.05, 4.69) is 10.1 Å². The van der Waals surface area contributed by atoms with Crippen molar-refractivity contribution in [1.29, 1.82) is 0 Å². The van der Waals surface area contributed by atoms with Crippen LogP contribution in [0.25, 0.3) is 0 Å². The van der Waals surface area contributed by atoms with Crippen molar-refractivity contribution in [3.05, 3.63) is 116 Å². The lowest BCUT2D eigenvalue weighted by Crippen LogP contribution is -2.48. The number of ether oxygens (including phenoxy) is 1. The normalized spacial score (nSPS) is 20.5. The third-order valence-electron chi connectivity index (χ3n) is 8.34. The van der Waals surface area contributed by atoms with Crippen molar-refractivity contribution in [3.63, 3.8) is 0 Å². The molecule has 2 aliphatic rings. The Bertz CT molecular complexity index is 1650. The van der Waals surface area contributed by atoms with E-state index in [1.165, 1.54) is 41.0 Å². The average Bonchev–Trinajstić information content (AvgIpc) is 3.55. The second-order valence-electron chi connectivity index (χ2n) is 11.3. The Morgan fingerprint density at radius 3 is 2.38 bits per heavy atom. The SMILES string of the molecule is Cn1cc(C(C)(O)c2cc(F)c3c(c2)C(=O)N(Cc2ccc(Cl)cn2)C3(OCC2(CO)CC2)c2ccc(Cl)cc2)cn1. The van der Waals surface area contributed by atoms with Crippen LogP contribution in [0, 0.1) is 11.2 Å². The summed E-state index contributed by atoms with van der Waals surface area (Å²) in [5.74, 6) is -1.23. The first-order valence-corrected chi connectivity index (χ1v) is 14.2. The molecule has 11 heteroatoms. The lowest BCUT2D eigenvalue weighted by Gasteiger charge is -2.40. The number of benzene rings is 2. The second-order valence-corrected chi connectivity index (χ2v) is 12.2.